The van der Waals surface area contributed by atoms with Crippen molar-refractivity contribution in [2.75, 3.05) is 17.7 Å². The third kappa shape index (κ3) is 5.67. The fraction of sp³-hybridized carbons (Fsp3) is 0.429. The molecule has 3 aromatic rings. The summed E-state index contributed by atoms with van der Waals surface area (Å²) in [7, 11) is 0. The van der Waals surface area contributed by atoms with Gasteiger partial charge in [-0.2, -0.15) is 0 Å². The molecular weight excluding hydrogens is 504 g/mol. The van der Waals surface area contributed by atoms with Crippen LogP contribution >= 0.6 is 23.1 Å². The van der Waals surface area contributed by atoms with Crippen LogP contribution in [0.5, 0.6) is 0 Å². The Kier molecular flexibility index (Phi) is 8.10. The predicted octanol–water partition coefficient (Wildman–Crippen LogP) is 5.97. The molecule has 1 amide bonds. The quantitative estimate of drug-likeness (QED) is 0.149. The lowest BCUT2D eigenvalue weighted by Crippen LogP contribution is -2.17. The van der Waals surface area contributed by atoms with E-state index < -0.39 is 0 Å². The van der Waals surface area contributed by atoms with Crippen LogP contribution in [-0.2, 0) is 28.9 Å². The molecule has 2 atom stereocenters. The van der Waals surface area contributed by atoms with Crippen molar-refractivity contribution in [3.63, 3.8) is 0 Å². The smallest absolute Gasteiger partial charge is 0.341 e. The summed E-state index contributed by atoms with van der Waals surface area (Å²) in [5.74, 6) is 1.38. The molecule has 2 aliphatic rings. The van der Waals surface area contributed by atoms with Crippen molar-refractivity contribution in [2.45, 2.75) is 69.0 Å². The van der Waals surface area contributed by atoms with Crippen LogP contribution in [-0.4, -0.2) is 39.0 Å². The fourth-order valence-electron chi connectivity index (χ4n) is 5.07. The van der Waals surface area contributed by atoms with Gasteiger partial charge in [-0.15, -0.1) is 28.1 Å². The van der Waals surface area contributed by atoms with E-state index in [1.807, 2.05) is 12.1 Å². The Balaban J connectivity index is 1.28. The number of amides is 1. The fourth-order valence-corrected chi connectivity index (χ4v) is 7.12. The number of hydrogen-bond acceptors (Lipinski definition) is 7. The minimum absolute atomic E-state index is 0.171. The zero-order valence-corrected chi connectivity index (χ0v) is 22.7. The molecule has 37 heavy (non-hydrogen) atoms. The minimum atomic E-state index is -0.349. The maximum Gasteiger partial charge on any atom is 0.341 e. The first-order chi connectivity index (χ1) is 18.1. The van der Waals surface area contributed by atoms with Crippen LogP contribution in [0.25, 0.3) is 0 Å². The van der Waals surface area contributed by atoms with Crippen molar-refractivity contribution in [2.24, 2.45) is 0 Å². The summed E-state index contributed by atoms with van der Waals surface area (Å²) in [6.45, 7) is 6.60. The highest BCUT2D eigenvalue weighted by atomic mass is 32.2. The lowest BCUT2D eigenvalue weighted by molar-refractivity contribution is -0.113. The van der Waals surface area contributed by atoms with Crippen LogP contribution in [0.3, 0.4) is 0 Å². The molecule has 0 bridgehead atoms. The molecule has 0 spiro atoms. The number of carbonyl (C=O) groups is 2. The second-order valence-corrected chi connectivity index (χ2v) is 11.5. The SMILES string of the molecule is C=CCn1c(SCC(=O)Nc2sc3c(c2C(=O)OCC)CCCCC3)nnc1C1CC1c1ccccc1. The molecular formula is C28H32N4O3S2. The highest BCUT2D eigenvalue weighted by Crippen LogP contribution is 2.54. The van der Waals surface area contributed by atoms with Crippen LogP contribution < -0.4 is 5.32 Å². The Morgan fingerprint density at radius 3 is 2.78 bits per heavy atom. The van der Waals surface area contributed by atoms with Crippen LogP contribution in [0, 0.1) is 0 Å². The highest BCUT2D eigenvalue weighted by molar-refractivity contribution is 7.99. The summed E-state index contributed by atoms with van der Waals surface area (Å²) in [4.78, 5) is 27.0. The van der Waals surface area contributed by atoms with Gasteiger partial charge < -0.3 is 14.6 Å². The van der Waals surface area contributed by atoms with Gasteiger partial charge in [0.25, 0.3) is 0 Å². The molecule has 5 rings (SSSR count). The highest BCUT2D eigenvalue weighted by Gasteiger charge is 2.43. The number of nitrogens with one attached hydrogen (secondary N) is 1. The molecule has 1 fully saturated rings. The monoisotopic (exact) mass is 536 g/mol. The van der Waals surface area contributed by atoms with Crippen molar-refractivity contribution in [3.8, 4) is 0 Å². The molecule has 2 unspecified atom stereocenters. The number of hydrogen-bond donors (Lipinski definition) is 1. The summed E-state index contributed by atoms with van der Waals surface area (Å²) in [6.07, 6.45) is 7.98. The van der Waals surface area contributed by atoms with Crippen LogP contribution in [0.1, 0.15) is 76.6 Å². The third-order valence-corrected chi connectivity index (χ3v) is 9.07. The van der Waals surface area contributed by atoms with Gasteiger partial charge in [0.05, 0.1) is 17.9 Å². The van der Waals surface area contributed by atoms with Crippen molar-refractivity contribution in [1.29, 1.82) is 0 Å². The number of esters is 1. The van der Waals surface area contributed by atoms with Crippen molar-refractivity contribution < 1.29 is 14.3 Å². The van der Waals surface area contributed by atoms with Crippen molar-refractivity contribution in [1.82, 2.24) is 14.8 Å². The average molecular weight is 537 g/mol. The molecule has 2 heterocycles. The zero-order valence-electron chi connectivity index (χ0n) is 21.1. The Hall–Kier alpha value is -2.91. The van der Waals surface area contributed by atoms with E-state index >= 15 is 0 Å². The lowest BCUT2D eigenvalue weighted by Gasteiger charge is -2.09. The van der Waals surface area contributed by atoms with Crippen LogP contribution in [0.15, 0.2) is 48.1 Å². The first kappa shape index (κ1) is 25.7. The summed E-state index contributed by atoms with van der Waals surface area (Å²) in [6, 6.07) is 10.5. The Labute approximate surface area is 225 Å². The molecule has 194 valence electrons. The summed E-state index contributed by atoms with van der Waals surface area (Å²) >= 11 is 2.87. The van der Waals surface area contributed by atoms with Gasteiger partial charge in [-0.1, -0.05) is 54.6 Å². The topological polar surface area (TPSA) is 86.1 Å². The molecule has 1 aromatic carbocycles. The lowest BCUT2D eigenvalue weighted by atomic mass is 10.1. The summed E-state index contributed by atoms with van der Waals surface area (Å²) in [5, 5.41) is 13.2. The van der Waals surface area contributed by atoms with E-state index in [-0.39, 0.29) is 17.6 Å². The number of benzene rings is 1. The third-order valence-electron chi connectivity index (χ3n) is 6.89. The number of anilines is 1. The standard InChI is InChI=1S/C28H32N4O3S2/c1-3-15-32-25(21-16-20(21)18-11-7-5-8-12-18)30-31-28(32)36-17-23(33)29-26-24(27(34)35-4-2)19-13-9-6-10-14-22(19)37-26/h3,5,7-8,11-12,20-21H,1,4,6,9-10,13-17H2,2H3,(H,29,33). The number of rotatable bonds is 10. The van der Waals surface area contributed by atoms with E-state index in [0.717, 1.165) is 49.9 Å². The average Bonchev–Trinajstić information content (AvgIpc) is 3.56. The molecule has 1 N–H and O–H groups in total. The molecule has 0 radical (unpaired) electrons. The van der Waals surface area contributed by atoms with Crippen LogP contribution in [0.4, 0.5) is 5.00 Å². The number of fused-ring (bicyclic) bond motifs is 1. The summed E-state index contributed by atoms with van der Waals surface area (Å²) in [5.41, 5.74) is 2.91. The largest absolute Gasteiger partial charge is 0.462 e. The molecule has 2 aromatic heterocycles. The number of thioether (sulfide) groups is 1. The second-order valence-electron chi connectivity index (χ2n) is 9.43. The van der Waals surface area contributed by atoms with E-state index in [4.69, 9.17) is 4.74 Å². The van der Waals surface area contributed by atoms with Gasteiger partial charge in [0.1, 0.15) is 10.8 Å². The van der Waals surface area contributed by atoms with E-state index in [9.17, 15) is 9.59 Å². The number of aryl methyl sites for hydroxylation is 1. The van der Waals surface area contributed by atoms with Gasteiger partial charge in [-0.05, 0) is 56.1 Å². The van der Waals surface area contributed by atoms with Gasteiger partial charge in [0, 0.05) is 17.3 Å². The van der Waals surface area contributed by atoms with Gasteiger partial charge in [-0.25, -0.2) is 4.79 Å². The zero-order chi connectivity index (χ0) is 25.8. The molecule has 1 saturated carbocycles. The maximum atomic E-state index is 13.0. The molecule has 0 aliphatic heterocycles. The Bertz CT molecular complexity index is 1280. The van der Waals surface area contributed by atoms with E-state index in [1.165, 1.54) is 33.5 Å². The van der Waals surface area contributed by atoms with Gasteiger partial charge in [0.15, 0.2) is 5.16 Å². The van der Waals surface area contributed by atoms with E-state index in [1.54, 1.807) is 6.92 Å². The number of allylic oxidation sites excluding steroid dienone is 1. The molecule has 2 aliphatic carbocycles. The Morgan fingerprint density at radius 2 is 2.00 bits per heavy atom. The minimum Gasteiger partial charge on any atom is -0.462 e. The number of carbonyl (C=O) groups excluding carboxylic acids is 2. The van der Waals surface area contributed by atoms with Gasteiger partial charge in [0.2, 0.25) is 5.91 Å². The maximum absolute atomic E-state index is 13.0. The first-order valence-electron chi connectivity index (χ1n) is 12.9. The van der Waals surface area contributed by atoms with Crippen molar-refractivity contribution in [3.05, 3.63) is 70.4 Å². The van der Waals surface area contributed by atoms with E-state index in [0.29, 0.717) is 40.7 Å². The number of aromatic nitrogens is 3. The molecule has 0 saturated heterocycles. The first-order valence-corrected chi connectivity index (χ1v) is 14.7. The van der Waals surface area contributed by atoms with Gasteiger partial charge in [-0.3, -0.25) is 4.79 Å². The molecule has 9 heteroatoms. The summed E-state index contributed by atoms with van der Waals surface area (Å²) < 4.78 is 7.40. The number of nitrogens with zero attached hydrogens (tertiary/aromatic N) is 3. The van der Waals surface area contributed by atoms with Crippen LogP contribution in [0.2, 0.25) is 0 Å². The number of thiophene rings is 1. The Morgan fingerprint density at radius 1 is 1.19 bits per heavy atom. The normalized spacial score (nSPS) is 18.5. The second kappa shape index (κ2) is 11.6. The van der Waals surface area contributed by atoms with Gasteiger partial charge >= 0.3 is 5.97 Å². The molecule has 7 nitrogen and oxygen atoms in total. The predicted molar refractivity (Wildman–Crippen MR) is 148 cm³/mol. The van der Waals surface area contributed by atoms with E-state index in [2.05, 4.69) is 50.9 Å². The number of ether oxygens (including phenoxy) is 1. The van der Waals surface area contributed by atoms with Crippen molar-refractivity contribution >= 4 is 40.0 Å².